The lowest BCUT2D eigenvalue weighted by atomic mass is 10.1. The number of carbonyl (C=O) groups excluding carboxylic acids is 2. The van der Waals surface area contributed by atoms with Crippen LogP contribution in [0.2, 0.25) is 0 Å². The van der Waals surface area contributed by atoms with E-state index in [-0.39, 0.29) is 11.9 Å². The van der Waals surface area contributed by atoms with Crippen LogP contribution in [0.4, 0.5) is 10.5 Å². The van der Waals surface area contributed by atoms with Gasteiger partial charge in [-0.2, -0.15) is 0 Å². The van der Waals surface area contributed by atoms with Gasteiger partial charge in [0.25, 0.3) is 5.91 Å². The minimum atomic E-state index is -0.706. The molecule has 1 N–H and O–H groups in total. The van der Waals surface area contributed by atoms with Gasteiger partial charge in [-0.05, 0) is 36.8 Å². The van der Waals surface area contributed by atoms with Gasteiger partial charge in [-0.15, -0.1) is 0 Å². The smallest absolute Gasteiger partial charge is 0.338 e. The first kappa shape index (κ1) is 20.6. The molecule has 1 atom stereocenters. The van der Waals surface area contributed by atoms with E-state index in [1.165, 1.54) is 0 Å². The van der Waals surface area contributed by atoms with Crippen LogP contribution in [-0.4, -0.2) is 11.9 Å². The molecule has 1 aromatic heterocycles. The van der Waals surface area contributed by atoms with Crippen molar-refractivity contribution < 1.29 is 18.7 Å². The molecule has 7 heteroatoms. The summed E-state index contributed by atoms with van der Waals surface area (Å²) < 4.78 is 12.5. The lowest BCUT2D eigenvalue weighted by Crippen LogP contribution is -2.38. The Hall–Kier alpha value is -3.71. The SMILES string of the molecule is CC(Oc1cccc(N(S)C(=O)NC(=O)c2cc3ccccc3o2)c1)c1ccccc1. The van der Waals surface area contributed by atoms with Crippen LogP contribution in [0.5, 0.6) is 5.75 Å². The van der Waals surface area contributed by atoms with Crippen molar-refractivity contribution in [2.24, 2.45) is 0 Å². The van der Waals surface area contributed by atoms with E-state index in [1.807, 2.05) is 55.5 Å². The normalized spacial score (nSPS) is 11.7. The number of nitrogens with zero attached hydrogens (tertiary/aromatic N) is 1. The summed E-state index contributed by atoms with van der Waals surface area (Å²) in [6, 6.07) is 24.8. The molecule has 3 aromatic carbocycles. The zero-order valence-electron chi connectivity index (χ0n) is 16.7. The number of amides is 3. The van der Waals surface area contributed by atoms with Gasteiger partial charge in [0.05, 0.1) is 5.69 Å². The second kappa shape index (κ2) is 8.97. The topological polar surface area (TPSA) is 71.8 Å². The van der Waals surface area contributed by atoms with Gasteiger partial charge in [0.2, 0.25) is 0 Å². The van der Waals surface area contributed by atoms with Gasteiger partial charge in [-0.3, -0.25) is 10.1 Å². The zero-order valence-corrected chi connectivity index (χ0v) is 17.6. The molecule has 0 spiro atoms. The molecule has 1 unspecified atom stereocenters. The summed E-state index contributed by atoms with van der Waals surface area (Å²) in [6.45, 7) is 1.94. The second-order valence-corrected chi connectivity index (χ2v) is 7.29. The fourth-order valence-electron chi connectivity index (χ4n) is 3.11. The molecule has 31 heavy (non-hydrogen) atoms. The van der Waals surface area contributed by atoms with Crippen molar-refractivity contribution in [2.75, 3.05) is 4.31 Å². The number of hydrogen-bond acceptors (Lipinski definition) is 5. The number of thiol groups is 1. The number of furan rings is 1. The van der Waals surface area contributed by atoms with Gasteiger partial charge in [-0.25, -0.2) is 9.10 Å². The number of hydrogen-bond donors (Lipinski definition) is 2. The predicted molar refractivity (Wildman–Crippen MR) is 122 cm³/mol. The summed E-state index contributed by atoms with van der Waals surface area (Å²) in [5, 5.41) is 3.06. The number of imide groups is 1. The Morgan fingerprint density at radius 3 is 2.48 bits per heavy atom. The third-order valence-electron chi connectivity index (χ3n) is 4.71. The second-order valence-electron chi connectivity index (χ2n) is 6.89. The molecule has 3 amide bonds. The minimum Gasteiger partial charge on any atom is -0.486 e. The standard InChI is InChI=1S/C24H20N2O4S/c1-16(17-8-3-2-4-9-17)29-20-12-7-11-19(15-20)26(31)24(28)25-23(27)22-14-18-10-5-6-13-21(18)30-22/h2-16,31H,1H3,(H,25,27,28). The minimum absolute atomic E-state index is 0.0463. The van der Waals surface area contributed by atoms with Crippen LogP contribution >= 0.6 is 12.8 Å². The van der Waals surface area contributed by atoms with Crippen molar-refractivity contribution in [2.45, 2.75) is 13.0 Å². The fraction of sp³-hybridized carbons (Fsp3) is 0.0833. The molecular formula is C24H20N2O4S. The molecule has 4 rings (SSSR count). The van der Waals surface area contributed by atoms with Gasteiger partial charge in [-0.1, -0.05) is 67.4 Å². The van der Waals surface area contributed by atoms with E-state index in [0.717, 1.165) is 15.3 Å². The molecule has 0 radical (unpaired) electrons. The fourth-order valence-corrected chi connectivity index (χ4v) is 3.28. The summed E-state index contributed by atoms with van der Waals surface area (Å²) in [4.78, 5) is 25.0. The van der Waals surface area contributed by atoms with E-state index in [4.69, 9.17) is 9.15 Å². The number of ether oxygens (including phenoxy) is 1. The molecule has 0 bridgehead atoms. The Labute approximate surface area is 185 Å². The van der Waals surface area contributed by atoms with Crippen LogP contribution in [0.15, 0.2) is 89.3 Å². The van der Waals surface area contributed by atoms with E-state index in [2.05, 4.69) is 18.1 Å². The summed E-state index contributed by atoms with van der Waals surface area (Å²) in [5.41, 5.74) is 2.06. The Morgan fingerprint density at radius 1 is 0.968 bits per heavy atom. The highest BCUT2D eigenvalue weighted by Crippen LogP contribution is 2.27. The number of rotatable bonds is 5. The number of fused-ring (bicyclic) bond motifs is 1. The monoisotopic (exact) mass is 432 g/mol. The largest absolute Gasteiger partial charge is 0.486 e. The van der Waals surface area contributed by atoms with Crippen LogP contribution in [0.3, 0.4) is 0 Å². The molecule has 0 saturated heterocycles. The summed E-state index contributed by atoms with van der Waals surface area (Å²) in [6.07, 6.45) is -0.173. The highest BCUT2D eigenvalue weighted by atomic mass is 32.1. The molecule has 0 aliphatic heterocycles. The molecule has 0 fully saturated rings. The predicted octanol–water partition coefficient (Wildman–Crippen LogP) is 5.77. The maximum atomic E-state index is 12.5. The molecule has 0 aliphatic carbocycles. The van der Waals surface area contributed by atoms with Gasteiger partial charge < -0.3 is 9.15 Å². The summed E-state index contributed by atoms with van der Waals surface area (Å²) >= 11 is 4.24. The number of anilines is 1. The van der Waals surface area contributed by atoms with Crippen LogP contribution in [0, 0.1) is 0 Å². The Morgan fingerprint density at radius 2 is 1.71 bits per heavy atom. The van der Waals surface area contributed by atoms with Crippen molar-refractivity contribution in [1.82, 2.24) is 5.32 Å². The average molecular weight is 433 g/mol. The summed E-state index contributed by atoms with van der Waals surface area (Å²) in [5.74, 6) is -0.0280. The van der Waals surface area contributed by atoms with Crippen LogP contribution < -0.4 is 14.4 Å². The van der Waals surface area contributed by atoms with Crippen LogP contribution in [0.25, 0.3) is 11.0 Å². The van der Waals surface area contributed by atoms with Crippen molar-refractivity contribution in [3.8, 4) is 5.75 Å². The first-order chi connectivity index (χ1) is 15.0. The first-order valence-corrected chi connectivity index (χ1v) is 10.1. The molecule has 1 heterocycles. The van der Waals surface area contributed by atoms with Gasteiger partial charge in [0.15, 0.2) is 5.76 Å². The van der Waals surface area contributed by atoms with Crippen molar-refractivity contribution >= 4 is 41.4 Å². The summed E-state index contributed by atoms with van der Waals surface area (Å²) in [7, 11) is 0. The number of nitrogens with one attached hydrogen (secondary N) is 1. The van der Waals surface area contributed by atoms with Crippen LogP contribution in [-0.2, 0) is 0 Å². The number of urea groups is 1. The third kappa shape index (κ3) is 4.73. The van der Waals surface area contributed by atoms with E-state index < -0.39 is 11.9 Å². The maximum absolute atomic E-state index is 12.5. The Bertz CT molecular complexity index is 1190. The van der Waals surface area contributed by atoms with Crippen molar-refractivity contribution in [3.05, 3.63) is 96.3 Å². The maximum Gasteiger partial charge on any atom is 0.338 e. The van der Waals surface area contributed by atoms with Gasteiger partial charge in [0.1, 0.15) is 17.4 Å². The molecule has 0 saturated carbocycles. The molecule has 4 aromatic rings. The molecule has 0 aliphatic rings. The molecular weight excluding hydrogens is 412 g/mol. The molecule has 156 valence electrons. The zero-order chi connectivity index (χ0) is 21.8. The van der Waals surface area contributed by atoms with Crippen LogP contribution in [0.1, 0.15) is 29.1 Å². The highest BCUT2D eigenvalue weighted by Gasteiger charge is 2.20. The van der Waals surface area contributed by atoms with E-state index in [9.17, 15) is 9.59 Å². The Balaban J connectivity index is 1.43. The molecule has 6 nitrogen and oxygen atoms in total. The first-order valence-electron chi connectivity index (χ1n) is 9.66. The van der Waals surface area contributed by atoms with Gasteiger partial charge >= 0.3 is 6.03 Å². The van der Waals surface area contributed by atoms with E-state index in [1.54, 1.807) is 36.4 Å². The average Bonchev–Trinajstić information content (AvgIpc) is 3.24. The lowest BCUT2D eigenvalue weighted by Gasteiger charge is -2.19. The van der Waals surface area contributed by atoms with E-state index >= 15 is 0 Å². The third-order valence-corrected chi connectivity index (χ3v) is 5.12. The lowest BCUT2D eigenvalue weighted by molar-refractivity contribution is 0.0941. The quantitative estimate of drug-likeness (QED) is 0.393. The Kier molecular flexibility index (Phi) is 5.95. The number of carbonyl (C=O) groups is 2. The van der Waals surface area contributed by atoms with Crippen molar-refractivity contribution in [3.63, 3.8) is 0 Å². The number of para-hydroxylation sites is 1. The van der Waals surface area contributed by atoms with E-state index in [0.29, 0.717) is 17.0 Å². The highest BCUT2D eigenvalue weighted by molar-refractivity contribution is 7.82. The number of benzene rings is 3. The van der Waals surface area contributed by atoms with Gasteiger partial charge in [0, 0.05) is 11.5 Å². The van der Waals surface area contributed by atoms with Crippen molar-refractivity contribution in [1.29, 1.82) is 0 Å².